The summed E-state index contributed by atoms with van der Waals surface area (Å²) in [5, 5.41) is 8.20. The van der Waals surface area contributed by atoms with Crippen LogP contribution in [0.4, 0.5) is 5.82 Å². The first-order valence-electron chi connectivity index (χ1n) is 12.0. The molecule has 1 saturated heterocycles. The number of ether oxygens (including phenoxy) is 2. The number of halogens is 2. The summed E-state index contributed by atoms with van der Waals surface area (Å²) in [7, 11) is 0. The Hall–Kier alpha value is -2.58. The molecular weight excluding hydrogens is 499 g/mol. The fraction of sp³-hybridized carbons (Fsp3) is 0.407. The molecule has 0 radical (unpaired) electrons. The predicted octanol–water partition coefficient (Wildman–Crippen LogP) is 5.43. The van der Waals surface area contributed by atoms with Gasteiger partial charge in [-0.25, -0.2) is 0 Å². The lowest BCUT2D eigenvalue weighted by Gasteiger charge is -2.26. The van der Waals surface area contributed by atoms with Crippen molar-refractivity contribution >= 4 is 35.7 Å². The summed E-state index contributed by atoms with van der Waals surface area (Å²) >= 11 is 6.25. The summed E-state index contributed by atoms with van der Waals surface area (Å²) in [5.41, 5.74) is 3.59. The maximum atomic E-state index is 13.0. The van der Waals surface area contributed by atoms with Gasteiger partial charge in [-0.2, -0.15) is 5.10 Å². The molecule has 0 spiro atoms. The van der Waals surface area contributed by atoms with Gasteiger partial charge in [-0.1, -0.05) is 37.6 Å². The summed E-state index contributed by atoms with van der Waals surface area (Å²) in [6.07, 6.45) is 0. The predicted molar refractivity (Wildman–Crippen MR) is 146 cm³/mol. The number of rotatable bonds is 9. The molecule has 0 bridgehead atoms. The fourth-order valence-corrected chi connectivity index (χ4v) is 4.17. The van der Waals surface area contributed by atoms with E-state index in [-0.39, 0.29) is 18.3 Å². The number of nitrogens with one attached hydrogen (secondary N) is 1. The molecule has 4 rings (SSSR count). The van der Waals surface area contributed by atoms with Crippen molar-refractivity contribution in [3.8, 4) is 5.75 Å². The van der Waals surface area contributed by atoms with Crippen molar-refractivity contribution in [2.24, 2.45) is 5.92 Å². The van der Waals surface area contributed by atoms with Gasteiger partial charge in [0.15, 0.2) is 5.82 Å². The first-order valence-corrected chi connectivity index (χ1v) is 12.4. The summed E-state index contributed by atoms with van der Waals surface area (Å²) in [5.74, 6) is 1.54. The van der Waals surface area contributed by atoms with E-state index in [0.717, 1.165) is 55.4 Å². The van der Waals surface area contributed by atoms with Crippen LogP contribution in [0.15, 0.2) is 48.5 Å². The molecule has 36 heavy (non-hydrogen) atoms. The average molecular weight is 534 g/mol. The van der Waals surface area contributed by atoms with Crippen LogP contribution in [0.3, 0.4) is 0 Å². The highest BCUT2D eigenvalue weighted by atomic mass is 35.5. The molecule has 0 atom stereocenters. The Bertz CT molecular complexity index is 1160. The zero-order valence-electron chi connectivity index (χ0n) is 21.0. The molecular formula is C27H34Cl2N4O3. The van der Waals surface area contributed by atoms with Crippen LogP contribution >= 0.6 is 24.0 Å². The van der Waals surface area contributed by atoms with Crippen LogP contribution in [0.2, 0.25) is 5.02 Å². The number of aromatic nitrogens is 2. The molecule has 1 aliphatic rings. The second-order valence-electron chi connectivity index (χ2n) is 9.33. The van der Waals surface area contributed by atoms with E-state index < -0.39 is 0 Å². The Balaban J connectivity index is 0.00000361. The van der Waals surface area contributed by atoms with Crippen LogP contribution in [-0.4, -0.2) is 53.5 Å². The van der Waals surface area contributed by atoms with E-state index >= 15 is 0 Å². The average Bonchev–Trinajstić information content (AvgIpc) is 3.17. The maximum Gasteiger partial charge on any atom is 0.256 e. The van der Waals surface area contributed by atoms with Crippen molar-refractivity contribution in [2.75, 3.05) is 38.2 Å². The van der Waals surface area contributed by atoms with Gasteiger partial charge in [0.2, 0.25) is 0 Å². The van der Waals surface area contributed by atoms with Crippen LogP contribution in [0.5, 0.6) is 5.75 Å². The van der Waals surface area contributed by atoms with Gasteiger partial charge in [0, 0.05) is 47.5 Å². The number of morpholine rings is 1. The smallest absolute Gasteiger partial charge is 0.256 e. The van der Waals surface area contributed by atoms with Crippen molar-refractivity contribution in [2.45, 2.75) is 33.9 Å². The lowest BCUT2D eigenvalue weighted by atomic mass is 10.1. The van der Waals surface area contributed by atoms with Gasteiger partial charge in [-0.3, -0.25) is 14.4 Å². The van der Waals surface area contributed by atoms with Gasteiger partial charge < -0.3 is 14.8 Å². The molecule has 2 heterocycles. The summed E-state index contributed by atoms with van der Waals surface area (Å²) < 4.78 is 13.2. The zero-order valence-corrected chi connectivity index (χ0v) is 22.6. The van der Waals surface area contributed by atoms with Crippen molar-refractivity contribution in [1.29, 1.82) is 0 Å². The first kappa shape index (κ1) is 28.0. The van der Waals surface area contributed by atoms with Crippen LogP contribution < -0.4 is 10.1 Å². The number of nitrogens with zero attached hydrogens (tertiary/aromatic N) is 3. The summed E-state index contributed by atoms with van der Waals surface area (Å²) in [6, 6.07) is 15.2. The van der Waals surface area contributed by atoms with Gasteiger partial charge in [-0.05, 0) is 48.7 Å². The standard InChI is InChI=1S/C27H33ClN4O3.ClH/c1-19(2)18-35-25-8-7-24(28)15-23(25)17-32-20(3)13-26(30-32)29-27(33)22-6-4-5-21(14-22)16-31-9-11-34-12-10-31;/h4-8,13-15,19H,9-12,16-18H2,1-3H3,(H,29,30,33);1H. The Labute approximate surface area is 224 Å². The van der Waals surface area contributed by atoms with Gasteiger partial charge in [0.1, 0.15) is 5.75 Å². The second-order valence-corrected chi connectivity index (χ2v) is 9.76. The van der Waals surface area contributed by atoms with Gasteiger partial charge in [-0.15, -0.1) is 12.4 Å². The Morgan fingerprint density at radius 1 is 1.14 bits per heavy atom. The third-order valence-electron chi connectivity index (χ3n) is 5.84. The van der Waals surface area contributed by atoms with E-state index in [1.54, 1.807) is 0 Å². The van der Waals surface area contributed by atoms with Gasteiger partial charge >= 0.3 is 0 Å². The van der Waals surface area contributed by atoms with E-state index in [0.29, 0.717) is 35.5 Å². The number of aryl methyl sites for hydroxylation is 1. The molecule has 7 nitrogen and oxygen atoms in total. The first-order chi connectivity index (χ1) is 16.9. The normalized spacial score (nSPS) is 13.9. The number of carbonyl (C=O) groups excluding carboxylic acids is 1. The van der Waals surface area contributed by atoms with Crippen molar-refractivity contribution in [3.63, 3.8) is 0 Å². The van der Waals surface area contributed by atoms with E-state index in [9.17, 15) is 4.79 Å². The number of hydrogen-bond acceptors (Lipinski definition) is 5. The number of anilines is 1. The molecule has 1 amide bonds. The summed E-state index contributed by atoms with van der Waals surface area (Å²) in [4.78, 5) is 15.3. The summed E-state index contributed by atoms with van der Waals surface area (Å²) in [6.45, 7) is 11.4. The molecule has 1 N–H and O–H groups in total. The van der Waals surface area contributed by atoms with Crippen LogP contribution in [0.1, 0.15) is 41.0 Å². The van der Waals surface area contributed by atoms with Crippen LogP contribution in [-0.2, 0) is 17.8 Å². The minimum atomic E-state index is -0.179. The molecule has 1 aliphatic heterocycles. The van der Waals surface area contributed by atoms with Crippen molar-refractivity contribution in [3.05, 3.63) is 75.9 Å². The number of amides is 1. The minimum Gasteiger partial charge on any atom is -0.493 e. The SMILES string of the molecule is Cc1cc(NC(=O)c2cccc(CN3CCOCC3)c2)nn1Cc1cc(Cl)ccc1OCC(C)C.Cl. The van der Waals surface area contributed by atoms with Crippen LogP contribution in [0, 0.1) is 12.8 Å². The molecule has 1 aromatic heterocycles. The topological polar surface area (TPSA) is 68.6 Å². The van der Waals surface area contributed by atoms with E-state index in [2.05, 4.69) is 35.2 Å². The Kier molecular flexibility index (Phi) is 10.2. The number of hydrogen-bond donors (Lipinski definition) is 1. The molecule has 194 valence electrons. The number of carbonyl (C=O) groups is 1. The lowest BCUT2D eigenvalue weighted by Crippen LogP contribution is -2.35. The molecule has 2 aromatic carbocycles. The number of benzene rings is 2. The van der Waals surface area contributed by atoms with Gasteiger partial charge in [0.05, 0.1) is 26.4 Å². The maximum absolute atomic E-state index is 13.0. The highest BCUT2D eigenvalue weighted by Crippen LogP contribution is 2.25. The highest BCUT2D eigenvalue weighted by molar-refractivity contribution is 6.30. The van der Waals surface area contributed by atoms with Gasteiger partial charge in [0.25, 0.3) is 5.91 Å². The minimum absolute atomic E-state index is 0. The fourth-order valence-electron chi connectivity index (χ4n) is 3.98. The zero-order chi connectivity index (χ0) is 24.8. The lowest BCUT2D eigenvalue weighted by molar-refractivity contribution is 0.0342. The highest BCUT2D eigenvalue weighted by Gasteiger charge is 2.15. The largest absolute Gasteiger partial charge is 0.493 e. The van der Waals surface area contributed by atoms with E-state index in [1.165, 1.54) is 0 Å². The molecule has 0 saturated carbocycles. The molecule has 9 heteroatoms. The third-order valence-corrected chi connectivity index (χ3v) is 6.07. The quantitative estimate of drug-likeness (QED) is 0.397. The third kappa shape index (κ3) is 7.71. The van der Waals surface area contributed by atoms with Crippen molar-refractivity contribution < 1.29 is 14.3 Å². The Morgan fingerprint density at radius 3 is 2.67 bits per heavy atom. The molecule has 0 aliphatic carbocycles. The Morgan fingerprint density at radius 2 is 1.92 bits per heavy atom. The van der Waals surface area contributed by atoms with Crippen LogP contribution in [0.25, 0.3) is 0 Å². The monoisotopic (exact) mass is 532 g/mol. The van der Waals surface area contributed by atoms with E-state index in [4.69, 9.17) is 21.1 Å². The van der Waals surface area contributed by atoms with Crippen molar-refractivity contribution in [1.82, 2.24) is 14.7 Å². The molecule has 1 fully saturated rings. The molecule has 0 unspecified atom stereocenters. The second kappa shape index (κ2) is 13.1. The molecule has 3 aromatic rings. The van der Waals surface area contributed by atoms with E-state index in [1.807, 2.05) is 54.1 Å².